The molecule has 27 heavy (non-hydrogen) atoms. The number of aryl methyl sites for hydroxylation is 3. The maximum absolute atomic E-state index is 12.7. The SMILES string of the molecule is Cc1cccc(C(=O)N2CCC(Cn3nc4c(cc3=O)CCCC4)CC2)c1. The van der Waals surface area contributed by atoms with Crippen molar-refractivity contribution in [3.05, 3.63) is 63.1 Å². The lowest BCUT2D eigenvalue weighted by Crippen LogP contribution is -2.40. The monoisotopic (exact) mass is 365 g/mol. The minimum Gasteiger partial charge on any atom is -0.339 e. The van der Waals surface area contributed by atoms with E-state index in [1.165, 1.54) is 0 Å². The molecule has 1 aliphatic heterocycles. The van der Waals surface area contributed by atoms with Crippen LogP contribution in [-0.2, 0) is 19.4 Å². The Bertz CT molecular complexity index is 895. The molecule has 0 bridgehead atoms. The van der Waals surface area contributed by atoms with Crippen LogP contribution in [0.3, 0.4) is 0 Å². The Kier molecular flexibility index (Phi) is 5.10. The molecular formula is C22H27N3O2. The van der Waals surface area contributed by atoms with Crippen molar-refractivity contribution in [3.8, 4) is 0 Å². The number of benzene rings is 1. The minimum atomic E-state index is 0.0221. The van der Waals surface area contributed by atoms with Gasteiger partial charge in [0.05, 0.1) is 5.69 Å². The predicted molar refractivity (Wildman–Crippen MR) is 105 cm³/mol. The molecule has 1 aromatic heterocycles. The summed E-state index contributed by atoms with van der Waals surface area (Å²) < 4.78 is 1.66. The zero-order chi connectivity index (χ0) is 18.8. The number of likely N-dealkylation sites (tertiary alicyclic amines) is 1. The van der Waals surface area contributed by atoms with Gasteiger partial charge >= 0.3 is 0 Å². The van der Waals surface area contributed by atoms with E-state index in [-0.39, 0.29) is 11.5 Å². The summed E-state index contributed by atoms with van der Waals surface area (Å²) in [7, 11) is 0. The highest BCUT2D eigenvalue weighted by atomic mass is 16.2. The lowest BCUT2D eigenvalue weighted by Gasteiger charge is -2.32. The van der Waals surface area contributed by atoms with Gasteiger partial charge in [-0.1, -0.05) is 17.7 Å². The first-order valence-corrected chi connectivity index (χ1v) is 10.1. The first-order chi connectivity index (χ1) is 13.1. The van der Waals surface area contributed by atoms with Gasteiger partial charge in [-0.05, 0) is 69.1 Å². The molecule has 0 N–H and O–H groups in total. The highest BCUT2D eigenvalue weighted by Crippen LogP contribution is 2.22. The molecule has 0 spiro atoms. The Labute approximate surface area is 160 Å². The molecular weight excluding hydrogens is 338 g/mol. The number of hydrogen-bond donors (Lipinski definition) is 0. The summed E-state index contributed by atoms with van der Waals surface area (Å²) in [4.78, 5) is 27.0. The van der Waals surface area contributed by atoms with E-state index in [9.17, 15) is 9.59 Å². The lowest BCUT2D eigenvalue weighted by molar-refractivity contribution is 0.0680. The van der Waals surface area contributed by atoms with Crippen LogP contribution in [0.25, 0.3) is 0 Å². The normalized spacial score (nSPS) is 17.6. The Morgan fingerprint density at radius 1 is 1.15 bits per heavy atom. The van der Waals surface area contributed by atoms with E-state index in [2.05, 4.69) is 5.10 Å². The third kappa shape index (κ3) is 3.97. The first kappa shape index (κ1) is 18.0. The first-order valence-electron chi connectivity index (χ1n) is 10.1. The van der Waals surface area contributed by atoms with Gasteiger partial charge in [0.1, 0.15) is 0 Å². The molecule has 0 saturated carbocycles. The average Bonchev–Trinajstić information content (AvgIpc) is 2.68. The number of fused-ring (bicyclic) bond motifs is 1. The van der Waals surface area contributed by atoms with Crippen LogP contribution in [0.5, 0.6) is 0 Å². The predicted octanol–water partition coefficient (Wildman–Crippen LogP) is 2.98. The van der Waals surface area contributed by atoms with E-state index in [0.717, 1.165) is 74.0 Å². The van der Waals surface area contributed by atoms with Gasteiger partial charge in [-0.25, -0.2) is 4.68 Å². The maximum Gasteiger partial charge on any atom is 0.267 e. The van der Waals surface area contributed by atoms with Gasteiger partial charge in [0.15, 0.2) is 0 Å². The van der Waals surface area contributed by atoms with Crippen molar-refractivity contribution in [3.63, 3.8) is 0 Å². The van der Waals surface area contributed by atoms with Crippen LogP contribution < -0.4 is 5.56 Å². The van der Waals surface area contributed by atoms with Crippen LogP contribution in [0.15, 0.2) is 35.1 Å². The van der Waals surface area contributed by atoms with E-state index in [0.29, 0.717) is 12.5 Å². The average molecular weight is 365 g/mol. The van der Waals surface area contributed by atoms with Gasteiger partial charge in [0, 0.05) is 31.3 Å². The number of piperidine rings is 1. The van der Waals surface area contributed by atoms with Crippen LogP contribution in [0.4, 0.5) is 0 Å². The zero-order valence-corrected chi connectivity index (χ0v) is 16.0. The van der Waals surface area contributed by atoms with Gasteiger partial charge in [-0.15, -0.1) is 0 Å². The number of amides is 1. The molecule has 1 fully saturated rings. The molecule has 1 aliphatic carbocycles. The van der Waals surface area contributed by atoms with Crippen molar-refractivity contribution in [2.24, 2.45) is 5.92 Å². The van der Waals surface area contributed by atoms with Gasteiger partial charge in [-0.3, -0.25) is 9.59 Å². The van der Waals surface area contributed by atoms with Crippen LogP contribution in [-0.4, -0.2) is 33.7 Å². The van der Waals surface area contributed by atoms with Gasteiger partial charge in [0.2, 0.25) is 0 Å². The van der Waals surface area contributed by atoms with Crippen molar-refractivity contribution in [2.75, 3.05) is 13.1 Å². The van der Waals surface area contributed by atoms with E-state index < -0.39 is 0 Å². The fraction of sp³-hybridized carbons (Fsp3) is 0.500. The Morgan fingerprint density at radius 3 is 2.70 bits per heavy atom. The number of carbonyl (C=O) groups is 1. The maximum atomic E-state index is 12.7. The second-order valence-corrected chi connectivity index (χ2v) is 7.95. The highest BCUT2D eigenvalue weighted by molar-refractivity contribution is 5.94. The molecule has 1 amide bonds. The molecule has 1 aromatic carbocycles. The summed E-state index contributed by atoms with van der Waals surface area (Å²) in [5.41, 5.74) is 4.14. The number of carbonyl (C=O) groups excluding carboxylic acids is 1. The zero-order valence-electron chi connectivity index (χ0n) is 16.0. The van der Waals surface area contributed by atoms with Crippen molar-refractivity contribution >= 4 is 5.91 Å². The molecule has 142 valence electrons. The van der Waals surface area contributed by atoms with Gasteiger partial charge in [-0.2, -0.15) is 5.10 Å². The van der Waals surface area contributed by atoms with Crippen LogP contribution in [0.1, 0.15) is 52.9 Å². The summed E-state index contributed by atoms with van der Waals surface area (Å²) in [6.45, 7) is 4.17. The van der Waals surface area contributed by atoms with E-state index in [4.69, 9.17) is 0 Å². The highest BCUT2D eigenvalue weighted by Gasteiger charge is 2.25. The van der Waals surface area contributed by atoms with E-state index >= 15 is 0 Å². The number of rotatable bonds is 3. The molecule has 0 atom stereocenters. The third-order valence-corrected chi connectivity index (χ3v) is 5.87. The van der Waals surface area contributed by atoms with Crippen LogP contribution >= 0.6 is 0 Å². The summed E-state index contributed by atoms with van der Waals surface area (Å²) in [5.74, 6) is 0.514. The molecule has 1 saturated heterocycles. The standard InChI is InChI=1S/C22H27N3O2/c1-16-5-4-7-19(13-16)22(27)24-11-9-17(10-12-24)15-25-21(26)14-18-6-2-3-8-20(18)23-25/h4-5,7,13-14,17H,2-3,6,8-12,15H2,1H3. The lowest BCUT2D eigenvalue weighted by atomic mass is 9.95. The second kappa shape index (κ2) is 7.67. The van der Waals surface area contributed by atoms with Crippen molar-refractivity contribution in [1.29, 1.82) is 0 Å². The van der Waals surface area contributed by atoms with E-state index in [1.54, 1.807) is 10.7 Å². The van der Waals surface area contributed by atoms with Crippen molar-refractivity contribution in [2.45, 2.75) is 52.0 Å². The molecule has 2 heterocycles. The fourth-order valence-corrected chi connectivity index (χ4v) is 4.26. The molecule has 2 aliphatic rings. The summed E-state index contributed by atoms with van der Waals surface area (Å²) in [6, 6.07) is 9.57. The molecule has 4 rings (SSSR count). The van der Waals surface area contributed by atoms with Crippen molar-refractivity contribution in [1.82, 2.24) is 14.7 Å². The summed E-state index contributed by atoms with van der Waals surface area (Å²) in [5, 5.41) is 4.64. The quantitative estimate of drug-likeness (QED) is 0.840. The minimum absolute atomic E-state index is 0.0221. The molecule has 5 nitrogen and oxygen atoms in total. The smallest absolute Gasteiger partial charge is 0.267 e. The second-order valence-electron chi connectivity index (χ2n) is 7.95. The summed E-state index contributed by atoms with van der Waals surface area (Å²) in [6.07, 6.45) is 6.13. The van der Waals surface area contributed by atoms with E-state index in [1.807, 2.05) is 36.1 Å². The molecule has 0 radical (unpaired) electrons. The van der Waals surface area contributed by atoms with Crippen LogP contribution in [0, 0.1) is 12.8 Å². The van der Waals surface area contributed by atoms with Gasteiger partial charge in [0.25, 0.3) is 11.5 Å². The number of hydrogen-bond acceptors (Lipinski definition) is 3. The number of nitrogens with zero attached hydrogens (tertiary/aromatic N) is 3. The molecule has 5 heteroatoms. The fourth-order valence-electron chi connectivity index (χ4n) is 4.26. The Morgan fingerprint density at radius 2 is 1.93 bits per heavy atom. The Hall–Kier alpha value is -2.43. The molecule has 2 aromatic rings. The van der Waals surface area contributed by atoms with Gasteiger partial charge < -0.3 is 4.90 Å². The Balaban J connectivity index is 1.38. The van der Waals surface area contributed by atoms with Crippen LogP contribution in [0.2, 0.25) is 0 Å². The number of aromatic nitrogens is 2. The summed E-state index contributed by atoms with van der Waals surface area (Å²) >= 11 is 0. The largest absolute Gasteiger partial charge is 0.339 e. The third-order valence-electron chi connectivity index (χ3n) is 5.87. The topological polar surface area (TPSA) is 55.2 Å². The van der Waals surface area contributed by atoms with Crippen molar-refractivity contribution < 1.29 is 4.79 Å². The molecule has 0 unspecified atom stereocenters.